The first-order valence-electron chi connectivity index (χ1n) is 15.0. The van der Waals surface area contributed by atoms with Gasteiger partial charge in [-0.2, -0.15) is 4.31 Å². The number of alkyl halides is 1. The van der Waals surface area contributed by atoms with Crippen molar-refractivity contribution in [3.63, 3.8) is 0 Å². The maximum Gasteiger partial charge on any atom is 0.321 e. The SMILES string of the molecule is CC(C)(C)OC(=O)CBr.CCS(=O)(=O)CCCc1ccccc1.CCS(=O)(=O)N(CCc1ccccc1)CC(=O)OC(C)(C)C. The molecule has 256 valence electrons. The fourth-order valence-corrected chi connectivity index (χ4v) is 5.59. The highest BCUT2D eigenvalue weighted by Crippen LogP contribution is 2.11. The zero-order valence-corrected chi connectivity index (χ0v) is 31.3. The van der Waals surface area contributed by atoms with Crippen molar-refractivity contribution in [1.82, 2.24) is 4.31 Å². The van der Waals surface area contributed by atoms with E-state index in [2.05, 4.69) is 15.9 Å². The standard InChI is InChI=1S/C16H25NO4S.C11H16O2S.C6H11BrO2/c1-5-22(19,20)17(13-15(18)21-16(2,3)4)12-11-14-9-7-6-8-10-14;1-2-14(12,13)10-6-9-11-7-4-3-5-8-11;1-6(2,3)9-5(8)4-7/h6-10H,5,11-13H2,1-4H3;3-5,7-8H,2,6,9-10H2,1H3;4H2,1-3H3. The van der Waals surface area contributed by atoms with Crippen molar-refractivity contribution in [2.24, 2.45) is 0 Å². The Morgan fingerprint density at radius 2 is 1.16 bits per heavy atom. The summed E-state index contributed by atoms with van der Waals surface area (Å²) in [5.41, 5.74) is 1.25. The Kier molecular flexibility index (Phi) is 19.7. The molecule has 2 aromatic rings. The van der Waals surface area contributed by atoms with Gasteiger partial charge in [0.05, 0.1) is 11.5 Å². The average molecular weight is 735 g/mol. The molecule has 0 atom stereocenters. The topological polar surface area (TPSA) is 124 Å². The number of hydrogen-bond donors (Lipinski definition) is 0. The van der Waals surface area contributed by atoms with Crippen LogP contribution in [0.5, 0.6) is 0 Å². The zero-order valence-electron chi connectivity index (χ0n) is 28.0. The van der Waals surface area contributed by atoms with Crippen LogP contribution in [-0.2, 0) is 51.8 Å². The molecule has 9 nitrogen and oxygen atoms in total. The van der Waals surface area contributed by atoms with E-state index in [1.54, 1.807) is 34.6 Å². The average Bonchev–Trinajstić information content (AvgIpc) is 2.95. The van der Waals surface area contributed by atoms with Crippen molar-refractivity contribution >= 4 is 47.7 Å². The van der Waals surface area contributed by atoms with Crippen LogP contribution in [-0.4, -0.2) is 80.0 Å². The van der Waals surface area contributed by atoms with E-state index in [0.717, 1.165) is 18.4 Å². The predicted octanol–water partition coefficient (Wildman–Crippen LogP) is 6.00. The van der Waals surface area contributed by atoms with Crippen molar-refractivity contribution in [2.75, 3.05) is 35.7 Å². The summed E-state index contributed by atoms with van der Waals surface area (Å²) in [7, 11) is -6.24. The lowest BCUT2D eigenvalue weighted by atomic mass is 10.1. The number of sulfonamides is 1. The van der Waals surface area contributed by atoms with Crippen molar-refractivity contribution in [2.45, 2.75) is 85.9 Å². The number of halogens is 1. The van der Waals surface area contributed by atoms with Gasteiger partial charge in [-0.05, 0) is 78.9 Å². The Hall–Kier alpha value is -2.28. The third-order valence-electron chi connectivity index (χ3n) is 5.71. The molecule has 0 fully saturated rings. The molecule has 0 amide bonds. The van der Waals surface area contributed by atoms with Gasteiger partial charge in [-0.25, -0.2) is 16.8 Å². The molecule has 0 aliphatic rings. The van der Waals surface area contributed by atoms with Crippen LogP contribution in [0.3, 0.4) is 0 Å². The van der Waals surface area contributed by atoms with Gasteiger partial charge in [-0.15, -0.1) is 0 Å². The Morgan fingerprint density at radius 1 is 0.711 bits per heavy atom. The highest BCUT2D eigenvalue weighted by Gasteiger charge is 2.25. The second-order valence-corrected chi connectivity index (χ2v) is 17.4. The molecule has 12 heteroatoms. The molecule has 0 saturated carbocycles. The number of rotatable bonds is 13. The molecule has 45 heavy (non-hydrogen) atoms. The van der Waals surface area contributed by atoms with Gasteiger partial charge in [0.2, 0.25) is 10.0 Å². The third kappa shape index (κ3) is 22.8. The summed E-state index contributed by atoms with van der Waals surface area (Å²) in [6, 6.07) is 19.6. The van der Waals surface area contributed by atoms with Crippen LogP contribution in [0.15, 0.2) is 60.7 Å². The molecule has 0 N–H and O–H groups in total. The van der Waals surface area contributed by atoms with Gasteiger partial charge < -0.3 is 9.47 Å². The van der Waals surface area contributed by atoms with Crippen molar-refractivity contribution in [3.8, 4) is 0 Å². The molecule has 0 unspecified atom stereocenters. The number of carbonyl (C=O) groups excluding carboxylic acids is 2. The first kappa shape index (κ1) is 42.7. The number of aryl methyl sites for hydroxylation is 1. The van der Waals surface area contributed by atoms with Crippen LogP contribution in [0, 0.1) is 0 Å². The molecule has 0 spiro atoms. The van der Waals surface area contributed by atoms with E-state index in [-0.39, 0.29) is 41.5 Å². The molecule has 0 aromatic heterocycles. The number of benzene rings is 2. The highest BCUT2D eigenvalue weighted by atomic mass is 79.9. The van der Waals surface area contributed by atoms with Gasteiger partial charge in [0, 0.05) is 12.3 Å². The second kappa shape index (κ2) is 20.8. The number of carbonyl (C=O) groups is 2. The first-order chi connectivity index (χ1) is 20.7. The second-order valence-electron chi connectivity index (χ2n) is 12.1. The summed E-state index contributed by atoms with van der Waals surface area (Å²) in [6.07, 6.45) is 2.13. The number of ether oxygens (including phenoxy) is 2. The van der Waals surface area contributed by atoms with E-state index >= 15 is 0 Å². The maximum absolute atomic E-state index is 12.1. The number of sulfone groups is 1. The minimum atomic E-state index is -3.45. The first-order valence-corrected chi connectivity index (χ1v) is 19.5. The molecule has 0 saturated heterocycles. The monoisotopic (exact) mass is 733 g/mol. The normalized spacial score (nSPS) is 11.9. The highest BCUT2D eigenvalue weighted by molar-refractivity contribution is 9.09. The molecule has 0 radical (unpaired) electrons. The molecule has 2 aromatic carbocycles. The lowest BCUT2D eigenvalue weighted by Gasteiger charge is -2.24. The minimum Gasteiger partial charge on any atom is -0.459 e. The molecule has 0 bridgehead atoms. The zero-order chi connectivity index (χ0) is 34.7. The number of hydrogen-bond acceptors (Lipinski definition) is 8. The number of nitrogens with zero attached hydrogens (tertiary/aromatic N) is 1. The molecule has 0 heterocycles. The quantitative estimate of drug-likeness (QED) is 0.182. The van der Waals surface area contributed by atoms with Gasteiger partial charge >= 0.3 is 11.9 Å². The van der Waals surface area contributed by atoms with Crippen LogP contribution in [0.2, 0.25) is 0 Å². The third-order valence-corrected chi connectivity index (χ3v) is 9.79. The predicted molar refractivity (Wildman–Crippen MR) is 186 cm³/mol. The van der Waals surface area contributed by atoms with Crippen LogP contribution in [0.1, 0.15) is 72.9 Å². The lowest BCUT2D eigenvalue weighted by molar-refractivity contribution is -0.155. The van der Waals surface area contributed by atoms with Crippen molar-refractivity contribution in [1.29, 1.82) is 0 Å². The molecule has 0 aliphatic heterocycles. The van der Waals surface area contributed by atoms with Gasteiger partial charge in [0.1, 0.15) is 32.9 Å². The molecule has 0 aliphatic carbocycles. The number of esters is 2. The molecular weight excluding hydrogens is 682 g/mol. The summed E-state index contributed by atoms with van der Waals surface area (Å²) in [4.78, 5) is 22.5. The lowest BCUT2D eigenvalue weighted by Crippen LogP contribution is -2.40. The van der Waals surface area contributed by atoms with Crippen molar-refractivity contribution < 1.29 is 35.9 Å². The smallest absolute Gasteiger partial charge is 0.321 e. The fourth-order valence-electron chi connectivity index (χ4n) is 3.57. The Bertz CT molecular complexity index is 1340. The van der Waals surface area contributed by atoms with Crippen LogP contribution in [0.25, 0.3) is 0 Å². The molecule has 2 rings (SSSR count). The van der Waals surface area contributed by atoms with Gasteiger partial charge in [-0.3, -0.25) is 9.59 Å². The molecular formula is C33H52BrNO8S2. The van der Waals surface area contributed by atoms with Gasteiger partial charge in [-0.1, -0.05) is 83.5 Å². The largest absolute Gasteiger partial charge is 0.459 e. The Labute approximate surface area is 280 Å². The van der Waals surface area contributed by atoms with E-state index in [9.17, 15) is 26.4 Å². The van der Waals surface area contributed by atoms with Crippen molar-refractivity contribution in [3.05, 3.63) is 71.8 Å². The minimum absolute atomic E-state index is 0.0371. The summed E-state index contributed by atoms with van der Waals surface area (Å²) in [5, 5.41) is 0.268. The van der Waals surface area contributed by atoms with E-state index in [4.69, 9.17) is 9.47 Å². The van der Waals surface area contributed by atoms with Gasteiger partial charge in [0.15, 0.2) is 0 Å². The summed E-state index contributed by atoms with van der Waals surface area (Å²) >= 11 is 2.99. The Balaban J connectivity index is 0.000000717. The van der Waals surface area contributed by atoms with Gasteiger partial charge in [0.25, 0.3) is 0 Å². The van der Waals surface area contributed by atoms with E-state index in [0.29, 0.717) is 12.2 Å². The van der Waals surface area contributed by atoms with Crippen LogP contribution >= 0.6 is 15.9 Å². The maximum atomic E-state index is 12.1. The Morgan fingerprint density at radius 3 is 1.53 bits per heavy atom. The van der Waals surface area contributed by atoms with E-state index in [1.807, 2.05) is 81.4 Å². The summed E-state index contributed by atoms with van der Waals surface area (Å²) in [5.74, 6) is -0.231. The van der Waals surface area contributed by atoms with Crippen LogP contribution < -0.4 is 0 Å². The summed E-state index contributed by atoms with van der Waals surface area (Å²) in [6.45, 7) is 14.1. The fraction of sp³-hybridized carbons (Fsp3) is 0.576. The van der Waals surface area contributed by atoms with E-state index in [1.165, 1.54) is 9.87 Å². The summed E-state index contributed by atoms with van der Waals surface area (Å²) < 4.78 is 58.0. The van der Waals surface area contributed by atoms with Crippen LogP contribution in [0.4, 0.5) is 0 Å². The van der Waals surface area contributed by atoms with E-state index < -0.39 is 31.4 Å².